The Bertz CT molecular complexity index is 1010. The molecule has 1 aliphatic heterocycles. The van der Waals surface area contributed by atoms with Gasteiger partial charge in [-0.15, -0.1) is 0 Å². The number of allylic oxidation sites excluding steroid dienone is 3. The van der Waals surface area contributed by atoms with Crippen molar-refractivity contribution in [3.8, 4) is 0 Å². The average Bonchev–Trinajstić information content (AvgIpc) is 3.21. The lowest BCUT2D eigenvalue weighted by Gasteiger charge is -2.31. The zero-order chi connectivity index (χ0) is 20.9. The zero-order valence-corrected chi connectivity index (χ0v) is 16.9. The normalized spacial score (nSPS) is 16.9. The summed E-state index contributed by atoms with van der Waals surface area (Å²) in [6, 6.07) is 1.93. The highest BCUT2D eigenvalue weighted by Gasteiger charge is 2.24. The third kappa shape index (κ3) is 4.45. The Labute approximate surface area is 175 Å². The highest BCUT2D eigenvalue weighted by Crippen LogP contribution is 2.33. The number of rotatable bonds is 5. The third-order valence-electron chi connectivity index (χ3n) is 5.72. The van der Waals surface area contributed by atoms with Gasteiger partial charge in [0.25, 0.3) is 0 Å². The standard InChI is InChI=1S/C23H26N4O3/c1-2-21(28)27-10-8-17(9-11-27)20-14-25-22-19(20)12-18(13-24-22)26-23(29)30-15-16-6-4-3-5-7-16/h2-4,6,12-14,17H,1,5,7-11,15H2,(H,24,25)(H,26,29). The maximum atomic E-state index is 12.2. The van der Waals surface area contributed by atoms with Crippen LogP contribution < -0.4 is 5.32 Å². The van der Waals surface area contributed by atoms with Crippen molar-refractivity contribution in [3.05, 3.63) is 60.5 Å². The number of pyridine rings is 1. The van der Waals surface area contributed by atoms with Gasteiger partial charge in [-0.25, -0.2) is 9.78 Å². The van der Waals surface area contributed by atoms with Crippen LogP contribution in [0.25, 0.3) is 11.0 Å². The number of ether oxygens (including phenoxy) is 1. The van der Waals surface area contributed by atoms with Crippen molar-refractivity contribution in [3.63, 3.8) is 0 Å². The summed E-state index contributed by atoms with van der Waals surface area (Å²) in [6.07, 6.45) is 14.2. The number of aromatic nitrogens is 2. The summed E-state index contributed by atoms with van der Waals surface area (Å²) in [5, 5.41) is 3.76. The molecule has 7 heteroatoms. The first-order chi connectivity index (χ1) is 14.6. The summed E-state index contributed by atoms with van der Waals surface area (Å²) in [5.41, 5.74) is 3.66. The largest absolute Gasteiger partial charge is 0.445 e. The molecule has 0 radical (unpaired) electrons. The molecule has 2 aromatic rings. The lowest BCUT2D eigenvalue weighted by molar-refractivity contribution is -0.127. The van der Waals surface area contributed by atoms with E-state index >= 15 is 0 Å². The highest BCUT2D eigenvalue weighted by atomic mass is 16.5. The summed E-state index contributed by atoms with van der Waals surface area (Å²) in [6.45, 7) is 5.28. The van der Waals surface area contributed by atoms with Gasteiger partial charge in [-0.1, -0.05) is 24.8 Å². The second kappa shape index (κ2) is 8.98. The van der Waals surface area contributed by atoms with Crippen LogP contribution in [0.3, 0.4) is 0 Å². The van der Waals surface area contributed by atoms with Gasteiger partial charge in [0, 0.05) is 24.7 Å². The van der Waals surface area contributed by atoms with Gasteiger partial charge >= 0.3 is 6.09 Å². The number of likely N-dealkylation sites (tertiary alicyclic amines) is 1. The number of carbonyl (C=O) groups is 2. The first-order valence-corrected chi connectivity index (χ1v) is 10.3. The number of aromatic amines is 1. The van der Waals surface area contributed by atoms with Crippen LogP contribution in [0.5, 0.6) is 0 Å². The van der Waals surface area contributed by atoms with E-state index in [4.69, 9.17) is 4.74 Å². The predicted octanol–water partition coefficient (Wildman–Crippen LogP) is 4.28. The second-order valence-electron chi connectivity index (χ2n) is 7.66. The van der Waals surface area contributed by atoms with Crippen LogP contribution in [-0.4, -0.2) is 46.6 Å². The molecule has 2 amide bonds. The molecular formula is C23H26N4O3. The van der Waals surface area contributed by atoms with Crippen LogP contribution in [0.2, 0.25) is 0 Å². The van der Waals surface area contributed by atoms with Crippen molar-refractivity contribution in [2.45, 2.75) is 31.6 Å². The Morgan fingerprint density at radius 1 is 1.37 bits per heavy atom. The van der Waals surface area contributed by atoms with E-state index in [2.05, 4.69) is 27.9 Å². The average molecular weight is 406 g/mol. The molecule has 3 heterocycles. The van der Waals surface area contributed by atoms with E-state index in [9.17, 15) is 9.59 Å². The number of H-pyrrole nitrogens is 1. The molecule has 30 heavy (non-hydrogen) atoms. The van der Waals surface area contributed by atoms with Gasteiger partial charge in [0.15, 0.2) is 0 Å². The van der Waals surface area contributed by atoms with Crippen molar-refractivity contribution in [2.75, 3.05) is 25.0 Å². The Morgan fingerprint density at radius 3 is 2.93 bits per heavy atom. The molecule has 1 saturated heterocycles. The van der Waals surface area contributed by atoms with E-state index in [0.717, 1.165) is 42.3 Å². The maximum absolute atomic E-state index is 12.2. The smallest absolute Gasteiger partial charge is 0.411 e. The van der Waals surface area contributed by atoms with Crippen molar-refractivity contribution < 1.29 is 14.3 Å². The van der Waals surface area contributed by atoms with Gasteiger partial charge in [0.05, 0.1) is 11.9 Å². The van der Waals surface area contributed by atoms with E-state index in [0.29, 0.717) is 31.3 Å². The number of nitrogens with zero attached hydrogens (tertiary/aromatic N) is 2. The van der Waals surface area contributed by atoms with Crippen molar-refractivity contribution >= 4 is 28.7 Å². The molecule has 2 N–H and O–H groups in total. The minimum Gasteiger partial charge on any atom is -0.445 e. The summed E-state index contributed by atoms with van der Waals surface area (Å²) in [7, 11) is 0. The van der Waals surface area contributed by atoms with Gasteiger partial charge in [-0.3, -0.25) is 10.1 Å². The summed E-state index contributed by atoms with van der Waals surface area (Å²) in [5.74, 6) is 0.321. The lowest BCUT2D eigenvalue weighted by Crippen LogP contribution is -2.36. The van der Waals surface area contributed by atoms with Gasteiger partial charge in [0.1, 0.15) is 12.3 Å². The van der Waals surface area contributed by atoms with Gasteiger partial charge in [-0.2, -0.15) is 0 Å². The van der Waals surface area contributed by atoms with Gasteiger partial charge < -0.3 is 14.6 Å². The van der Waals surface area contributed by atoms with E-state index in [-0.39, 0.29) is 5.91 Å². The number of carbonyl (C=O) groups excluding carboxylic acids is 2. The Hall–Kier alpha value is -3.35. The first-order valence-electron chi connectivity index (χ1n) is 10.3. The monoisotopic (exact) mass is 406 g/mol. The predicted molar refractivity (Wildman–Crippen MR) is 116 cm³/mol. The van der Waals surface area contributed by atoms with Crippen molar-refractivity contribution in [1.29, 1.82) is 0 Å². The molecule has 1 aliphatic carbocycles. The molecule has 1 fully saturated rings. The molecular weight excluding hydrogens is 380 g/mol. The van der Waals surface area contributed by atoms with Crippen LogP contribution >= 0.6 is 0 Å². The van der Waals surface area contributed by atoms with E-state index in [1.807, 2.05) is 29.3 Å². The van der Waals surface area contributed by atoms with Gasteiger partial charge in [-0.05, 0) is 54.9 Å². The number of anilines is 1. The summed E-state index contributed by atoms with van der Waals surface area (Å²) in [4.78, 5) is 33.5. The van der Waals surface area contributed by atoms with Crippen LogP contribution in [0.1, 0.15) is 37.2 Å². The first kappa shape index (κ1) is 19.9. The van der Waals surface area contributed by atoms with Crippen molar-refractivity contribution in [1.82, 2.24) is 14.9 Å². The fourth-order valence-corrected chi connectivity index (χ4v) is 4.05. The fraction of sp³-hybridized carbons (Fsp3) is 0.348. The number of hydrogen-bond donors (Lipinski definition) is 2. The molecule has 0 bridgehead atoms. The highest BCUT2D eigenvalue weighted by molar-refractivity contribution is 5.90. The van der Waals surface area contributed by atoms with Crippen LogP contribution in [-0.2, 0) is 9.53 Å². The molecule has 0 unspecified atom stereocenters. The number of piperidine rings is 1. The van der Waals surface area contributed by atoms with Crippen LogP contribution in [0.15, 0.2) is 54.9 Å². The van der Waals surface area contributed by atoms with Crippen LogP contribution in [0.4, 0.5) is 10.5 Å². The third-order valence-corrected chi connectivity index (χ3v) is 5.72. The molecule has 2 aromatic heterocycles. The van der Waals surface area contributed by atoms with E-state index < -0.39 is 6.09 Å². The van der Waals surface area contributed by atoms with Gasteiger partial charge in [0.2, 0.25) is 5.91 Å². The lowest BCUT2D eigenvalue weighted by atomic mass is 9.89. The minimum absolute atomic E-state index is 0.0148. The minimum atomic E-state index is -0.486. The summed E-state index contributed by atoms with van der Waals surface area (Å²) >= 11 is 0. The van der Waals surface area contributed by atoms with Crippen LogP contribution in [0, 0.1) is 0 Å². The van der Waals surface area contributed by atoms with E-state index in [1.165, 1.54) is 11.6 Å². The molecule has 4 rings (SSSR count). The molecule has 0 aromatic carbocycles. The molecule has 0 atom stereocenters. The topological polar surface area (TPSA) is 87.3 Å². The zero-order valence-electron chi connectivity index (χ0n) is 16.9. The molecule has 0 saturated carbocycles. The Balaban J connectivity index is 1.41. The molecule has 0 spiro atoms. The number of fused-ring (bicyclic) bond motifs is 1. The fourth-order valence-electron chi connectivity index (χ4n) is 4.05. The van der Waals surface area contributed by atoms with Crippen molar-refractivity contribution in [2.24, 2.45) is 0 Å². The second-order valence-corrected chi connectivity index (χ2v) is 7.66. The summed E-state index contributed by atoms with van der Waals surface area (Å²) < 4.78 is 5.34. The van der Waals surface area contributed by atoms with E-state index in [1.54, 1.807) is 6.20 Å². The number of nitrogens with one attached hydrogen (secondary N) is 2. The quantitative estimate of drug-likeness (QED) is 0.726. The number of amides is 2. The SMILES string of the molecule is C=CC(=O)N1CCC(c2c[nH]c3ncc(NC(=O)OCC4=CC=CCC4)cc23)CC1. The maximum Gasteiger partial charge on any atom is 0.411 e. The molecule has 7 nitrogen and oxygen atoms in total. The molecule has 156 valence electrons. The molecule has 2 aliphatic rings. The Morgan fingerprint density at radius 2 is 2.20 bits per heavy atom. The number of hydrogen-bond acceptors (Lipinski definition) is 4. The Kier molecular flexibility index (Phi) is 5.97.